The molecule has 34 heavy (non-hydrogen) atoms. The Hall–Kier alpha value is 0.240. The molecule has 0 heterocycles. The molecule has 194 valence electrons. The summed E-state index contributed by atoms with van der Waals surface area (Å²) >= 11 is 5.21. The minimum Gasteiger partial charge on any atom is -0.286 e. The van der Waals surface area contributed by atoms with E-state index in [-0.39, 0.29) is 4.83 Å². The molecule has 0 unspecified atom stereocenters. The van der Waals surface area contributed by atoms with E-state index in [2.05, 4.69) is 49.7 Å². The number of alkyl halides is 1. The zero-order valence-corrected chi connectivity index (χ0v) is 25.0. The van der Waals surface area contributed by atoms with Crippen molar-refractivity contribution in [1.82, 2.24) is 0 Å². The van der Waals surface area contributed by atoms with E-state index in [4.69, 9.17) is 0 Å². The zero-order valence-electron chi connectivity index (χ0n) is 22.5. The molecule has 0 aromatic heterocycles. The third kappa shape index (κ3) is 5.41. The second kappa shape index (κ2) is 11.7. The van der Waals surface area contributed by atoms with Crippen LogP contribution in [0.15, 0.2) is 11.6 Å². The zero-order chi connectivity index (χ0) is 24.3. The molecule has 8 atom stereocenters. The molecule has 0 N–H and O–H groups in total. The summed E-state index contributed by atoms with van der Waals surface area (Å²) in [7, 11) is 0. The van der Waals surface area contributed by atoms with E-state index in [1.54, 1.807) is 17.3 Å². The van der Waals surface area contributed by atoms with Crippen LogP contribution in [-0.2, 0) is 4.79 Å². The Labute approximate surface area is 223 Å². The summed E-state index contributed by atoms with van der Waals surface area (Å²) in [5.41, 5.74) is 2.73. The number of allylic oxidation sites excluding steroid dienone is 2. The summed E-state index contributed by atoms with van der Waals surface area (Å²) in [6, 6.07) is 0. The topological polar surface area (TPSA) is 17.1 Å². The van der Waals surface area contributed by atoms with Crippen LogP contribution in [0.3, 0.4) is 0 Å². The highest BCUT2D eigenvalue weighted by molar-refractivity contribution is 9.10. The minimum atomic E-state index is 0.0261. The lowest BCUT2D eigenvalue weighted by Gasteiger charge is -2.58. The summed E-state index contributed by atoms with van der Waals surface area (Å²) in [4.78, 5) is 12.6. The summed E-state index contributed by atoms with van der Waals surface area (Å²) in [5.74, 6) is 3.74. The number of unbranched alkanes of at least 4 members (excludes halogenated alkanes) is 5. The maximum atomic E-state index is 12.5. The van der Waals surface area contributed by atoms with Crippen molar-refractivity contribution in [2.24, 2.45) is 34.5 Å². The molecular formula is C31H51BrOS. The number of fused-ring (bicyclic) bond motifs is 5. The number of carbonyl (C=O) groups excluding carboxylic acids is 1. The van der Waals surface area contributed by atoms with E-state index in [9.17, 15) is 4.79 Å². The molecule has 4 rings (SSSR count). The highest BCUT2D eigenvalue weighted by atomic mass is 79.9. The molecule has 4 aliphatic carbocycles. The first kappa shape index (κ1) is 27.3. The predicted molar refractivity (Wildman–Crippen MR) is 153 cm³/mol. The molecule has 0 saturated heterocycles. The number of rotatable bonds is 10. The lowest BCUT2D eigenvalue weighted by molar-refractivity contribution is -0.110. The second-order valence-electron chi connectivity index (χ2n) is 12.8. The van der Waals surface area contributed by atoms with Gasteiger partial charge in [0, 0.05) is 5.25 Å². The monoisotopic (exact) mass is 550 g/mol. The van der Waals surface area contributed by atoms with Crippen LogP contribution in [0.5, 0.6) is 0 Å². The maximum absolute atomic E-state index is 12.5. The fraction of sp³-hybridized carbons (Fsp3) is 0.903. The number of hydrogen-bond acceptors (Lipinski definition) is 2. The van der Waals surface area contributed by atoms with Gasteiger partial charge >= 0.3 is 0 Å². The molecule has 3 saturated carbocycles. The molecule has 0 aromatic rings. The first-order valence-electron chi connectivity index (χ1n) is 14.9. The van der Waals surface area contributed by atoms with Crippen molar-refractivity contribution in [2.75, 3.05) is 0 Å². The maximum Gasteiger partial charge on any atom is 0.202 e. The number of hydrogen-bond donors (Lipinski definition) is 0. The summed E-state index contributed by atoms with van der Waals surface area (Å²) in [5, 5.41) is 0.846. The third-order valence-electron chi connectivity index (χ3n) is 11.1. The van der Waals surface area contributed by atoms with Gasteiger partial charge in [-0.25, -0.2) is 0 Å². The van der Waals surface area contributed by atoms with Gasteiger partial charge in [0.15, 0.2) is 0 Å². The van der Waals surface area contributed by atoms with E-state index in [0.29, 0.717) is 21.2 Å². The van der Waals surface area contributed by atoms with Crippen LogP contribution >= 0.6 is 27.7 Å². The van der Waals surface area contributed by atoms with Crippen LogP contribution in [0.1, 0.15) is 130 Å². The Balaban J connectivity index is 1.37. The summed E-state index contributed by atoms with van der Waals surface area (Å²) < 4.78 is 0. The second-order valence-corrected chi connectivity index (χ2v) is 15.2. The Morgan fingerprint density at radius 1 is 1.03 bits per heavy atom. The first-order valence-corrected chi connectivity index (χ1v) is 16.7. The van der Waals surface area contributed by atoms with Crippen molar-refractivity contribution < 1.29 is 4.79 Å². The van der Waals surface area contributed by atoms with Crippen LogP contribution in [0.2, 0.25) is 0 Å². The molecular weight excluding hydrogens is 500 g/mol. The molecule has 3 fully saturated rings. The number of halogens is 1. The number of carbonyl (C=O) groups is 1. The largest absolute Gasteiger partial charge is 0.286 e. The molecule has 4 aliphatic rings. The fourth-order valence-corrected chi connectivity index (χ4v) is 10.4. The molecule has 0 spiro atoms. The molecule has 0 aliphatic heterocycles. The highest BCUT2D eigenvalue weighted by Gasteiger charge is 2.58. The molecule has 0 radical (unpaired) electrons. The highest BCUT2D eigenvalue weighted by Crippen LogP contribution is 2.67. The average molecular weight is 552 g/mol. The van der Waals surface area contributed by atoms with Crippen molar-refractivity contribution in [3.8, 4) is 0 Å². The predicted octanol–water partition coefficient (Wildman–Crippen LogP) is 10.1. The van der Waals surface area contributed by atoms with Gasteiger partial charge in [0.05, 0.1) is 4.83 Å². The Kier molecular flexibility index (Phi) is 9.42. The van der Waals surface area contributed by atoms with E-state index >= 15 is 0 Å². The van der Waals surface area contributed by atoms with Gasteiger partial charge in [0.1, 0.15) is 0 Å². The van der Waals surface area contributed by atoms with Gasteiger partial charge in [-0.2, -0.15) is 0 Å². The SMILES string of the molecule is CCCCCCCC[C@H]1CC[C@H]2[C@@H]3CC=C4C[C@@H](SC(=O)[C@H](Br)CC)CC[C@]4(C)[C@H]3CC[C@]12C. The van der Waals surface area contributed by atoms with E-state index < -0.39 is 0 Å². The van der Waals surface area contributed by atoms with Gasteiger partial charge in [0.2, 0.25) is 5.12 Å². The van der Waals surface area contributed by atoms with Crippen LogP contribution in [-0.4, -0.2) is 15.2 Å². The summed E-state index contributed by atoms with van der Waals surface area (Å²) in [6.07, 6.45) is 24.6. The molecule has 0 bridgehead atoms. The summed E-state index contributed by atoms with van der Waals surface area (Å²) in [6.45, 7) is 9.73. The van der Waals surface area contributed by atoms with Crippen molar-refractivity contribution in [1.29, 1.82) is 0 Å². The van der Waals surface area contributed by atoms with Crippen LogP contribution < -0.4 is 0 Å². The lowest BCUT2D eigenvalue weighted by atomic mass is 9.47. The van der Waals surface area contributed by atoms with Gasteiger partial charge in [-0.05, 0) is 98.7 Å². The number of thioether (sulfide) groups is 1. The van der Waals surface area contributed by atoms with Crippen molar-refractivity contribution in [2.45, 2.75) is 141 Å². The molecule has 1 nitrogen and oxygen atoms in total. The minimum absolute atomic E-state index is 0.0261. The van der Waals surface area contributed by atoms with Crippen molar-refractivity contribution in [3.63, 3.8) is 0 Å². The van der Waals surface area contributed by atoms with E-state index in [1.165, 1.54) is 89.9 Å². The Morgan fingerprint density at radius 3 is 2.56 bits per heavy atom. The Bertz CT molecular complexity index is 733. The van der Waals surface area contributed by atoms with Gasteiger partial charge in [0.25, 0.3) is 0 Å². The fourth-order valence-electron chi connectivity index (χ4n) is 8.89. The lowest BCUT2D eigenvalue weighted by Crippen LogP contribution is -2.50. The van der Waals surface area contributed by atoms with Crippen molar-refractivity contribution in [3.05, 3.63) is 11.6 Å². The average Bonchev–Trinajstić information content (AvgIpc) is 3.17. The van der Waals surface area contributed by atoms with Crippen LogP contribution in [0.4, 0.5) is 0 Å². The van der Waals surface area contributed by atoms with Crippen LogP contribution in [0, 0.1) is 34.5 Å². The van der Waals surface area contributed by atoms with Gasteiger partial charge in [-0.1, -0.05) is 106 Å². The standard InChI is InChI=1S/C31H51BrOS/c1-5-7-8-9-10-11-12-22-14-16-26-25-15-13-23-21-24(34-29(33)28(32)6-2)17-19-31(23,4)27(25)18-20-30(22,26)3/h13,22,24-28H,5-12,14-21H2,1-4H3/t22-,24-,25-,26-,27-,28+,30+,31-/m0/s1. The van der Waals surface area contributed by atoms with E-state index in [1.807, 2.05) is 0 Å². The first-order chi connectivity index (χ1) is 16.3. The van der Waals surface area contributed by atoms with Gasteiger partial charge < -0.3 is 0 Å². The quantitative estimate of drug-likeness (QED) is 0.153. The third-order valence-corrected chi connectivity index (χ3v) is 13.7. The normalized spacial score (nSPS) is 40.1. The Morgan fingerprint density at radius 2 is 1.79 bits per heavy atom. The van der Waals surface area contributed by atoms with Gasteiger partial charge in [-0.3, -0.25) is 4.79 Å². The van der Waals surface area contributed by atoms with Crippen LogP contribution in [0.25, 0.3) is 0 Å². The molecule has 0 amide bonds. The van der Waals surface area contributed by atoms with Crippen molar-refractivity contribution >= 4 is 32.8 Å². The van der Waals surface area contributed by atoms with E-state index in [0.717, 1.165) is 36.5 Å². The molecule has 0 aromatic carbocycles. The van der Waals surface area contributed by atoms with Gasteiger partial charge in [-0.15, -0.1) is 0 Å². The molecule has 3 heteroatoms. The smallest absolute Gasteiger partial charge is 0.202 e.